The van der Waals surface area contributed by atoms with E-state index in [0.717, 1.165) is 6.54 Å². The van der Waals surface area contributed by atoms with Gasteiger partial charge in [0.05, 0.1) is 11.6 Å². The van der Waals surface area contributed by atoms with Crippen LogP contribution < -0.4 is 11.1 Å². The number of primary amides is 1. The van der Waals surface area contributed by atoms with E-state index in [1.54, 1.807) is 0 Å². The van der Waals surface area contributed by atoms with Crippen molar-refractivity contribution >= 4 is 5.91 Å². The number of nitrogens with one attached hydrogen (secondary N) is 1. The average molecular weight is 230 g/mol. The highest BCUT2D eigenvalue weighted by molar-refractivity contribution is 5.84. The van der Waals surface area contributed by atoms with Gasteiger partial charge in [-0.3, -0.25) is 4.79 Å². The molecule has 2 atom stereocenters. The van der Waals surface area contributed by atoms with Gasteiger partial charge in [-0.25, -0.2) is 0 Å². The Morgan fingerprint density at radius 3 is 2.38 bits per heavy atom. The summed E-state index contributed by atoms with van der Waals surface area (Å²) in [5.74, 6) is 0.177. The zero-order valence-electron chi connectivity index (χ0n) is 11.2. The van der Waals surface area contributed by atoms with Gasteiger partial charge in [-0.2, -0.15) is 0 Å². The lowest BCUT2D eigenvalue weighted by molar-refractivity contribution is -0.125. The van der Waals surface area contributed by atoms with Crippen LogP contribution in [0.15, 0.2) is 0 Å². The zero-order chi connectivity index (χ0) is 12.8. The SMILES string of the molecule is CCNC(C)(CC(C)OCC(C)C)C(N)=O. The van der Waals surface area contributed by atoms with Gasteiger partial charge in [-0.15, -0.1) is 0 Å². The number of nitrogens with two attached hydrogens (primary N) is 1. The molecule has 0 aromatic rings. The molecule has 1 amide bonds. The highest BCUT2D eigenvalue weighted by atomic mass is 16.5. The number of hydrogen-bond donors (Lipinski definition) is 2. The molecule has 0 fully saturated rings. The van der Waals surface area contributed by atoms with Crippen LogP contribution in [0.5, 0.6) is 0 Å². The van der Waals surface area contributed by atoms with Crippen LogP contribution in [-0.2, 0) is 9.53 Å². The summed E-state index contributed by atoms with van der Waals surface area (Å²) in [4.78, 5) is 11.4. The maximum absolute atomic E-state index is 11.4. The molecule has 2 unspecified atom stereocenters. The van der Waals surface area contributed by atoms with Gasteiger partial charge < -0.3 is 15.8 Å². The Labute approximate surface area is 98.9 Å². The van der Waals surface area contributed by atoms with Crippen molar-refractivity contribution < 1.29 is 9.53 Å². The van der Waals surface area contributed by atoms with Gasteiger partial charge in [-0.05, 0) is 26.3 Å². The molecular weight excluding hydrogens is 204 g/mol. The van der Waals surface area contributed by atoms with Gasteiger partial charge in [0.2, 0.25) is 5.91 Å². The van der Waals surface area contributed by atoms with Gasteiger partial charge in [0.1, 0.15) is 0 Å². The Morgan fingerprint density at radius 1 is 1.44 bits per heavy atom. The van der Waals surface area contributed by atoms with Gasteiger partial charge >= 0.3 is 0 Å². The first kappa shape index (κ1) is 15.4. The van der Waals surface area contributed by atoms with Gasteiger partial charge in [0, 0.05) is 13.0 Å². The van der Waals surface area contributed by atoms with Crippen molar-refractivity contribution in [1.82, 2.24) is 5.32 Å². The molecule has 96 valence electrons. The molecule has 0 heterocycles. The lowest BCUT2D eigenvalue weighted by atomic mass is 9.94. The maximum atomic E-state index is 11.4. The normalized spacial score (nSPS) is 17.1. The van der Waals surface area contributed by atoms with Crippen molar-refractivity contribution in [1.29, 1.82) is 0 Å². The van der Waals surface area contributed by atoms with Gasteiger partial charge in [0.15, 0.2) is 0 Å². The molecule has 0 bridgehead atoms. The minimum absolute atomic E-state index is 0.0268. The summed E-state index contributed by atoms with van der Waals surface area (Å²) in [5, 5.41) is 3.12. The second-order valence-corrected chi connectivity index (χ2v) is 4.97. The van der Waals surface area contributed by atoms with E-state index in [9.17, 15) is 4.79 Å². The van der Waals surface area contributed by atoms with Crippen molar-refractivity contribution in [3.8, 4) is 0 Å². The minimum Gasteiger partial charge on any atom is -0.378 e. The first-order valence-electron chi connectivity index (χ1n) is 5.98. The third-order valence-electron chi connectivity index (χ3n) is 2.52. The largest absolute Gasteiger partial charge is 0.378 e. The molecule has 0 saturated carbocycles. The van der Waals surface area contributed by atoms with Crippen molar-refractivity contribution in [2.24, 2.45) is 11.7 Å². The Hall–Kier alpha value is -0.610. The summed E-state index contributed by atoms with van der Waals surface area (Å²) in [5.41, 5.74) is 4.73. The first-order valence-corrected chi connectivity index (χ1v) is 5.98. The molecule has 0 radical (unpaired) electrons. The fourth-order valence-corrected chi connectivity index (χ4v) is 1.64. The average Bonchev–Trinajstić information content (AvgIpc) is 2.14. The molecule has 4 nitrogen and oxygen atoms in total. The third-order valence-corrected chi connectivity index (χ3v) is 2.52. The molecule has 0 saturated heterocycles. The standard InChI is InChI=1S/C12H26N2O2/c1-6-14-12(5,11(13)15)7-10(4)16-8-9(2)3/h9-10,14H,6-8H2,1-5H3,(H2,13,15). The van der Waals surface area contributed by atoms with E-state index in [-0.39, 0.29) is 12.0 Å². The zero-order valence-corrected chi connectivity index (χ0v) is 11.2. The second-order valence-electron chi connectivity index (χ2n) is 4.97. The summed E-state index contributed by atoms with van der Waals surface area (Å²) >= 11 is 0. The summed E-state index contributed by atoms with van der Waals surface area (Å²) < 4.78 is 5.65. The van der Waals surface area contributed by atoms with E-state index >= 15 is 0 Å². The lowest BCUT2D eigenvalue weighted by Gasteiger charge is -2.30. The van der Waals surface area contributed by atoms with E-state index < -0.39 is 5.54 Å². The van der Waals surface area contributed by atoms with E-state index in [1.165, 1.54) is 0 Å². The van der Waals surface area contributed by atoms with Crippen molar-refractivity contribution in [3.63, 3.8) is 0 Å². The molecule has 0 aromatic heterocycles. The number of carbonyl (C=O) groups is 1. The summed E-state index contributed by atoms with van der Waals surface area (Å²) in [7, 11) is 0. The predicted octanol–water partition coefficient (Wildman–Crippen LogP) is 1.29. The van der Waals surface area contributed by atoms with Crippen LogP contribution in [0.3, 0.4) is 0 Å². The topological polar surface area (TPSA) is 64.3 Å². The molecule has 4 heteroatoms. The Morgan fingerprint density at radius 2 is 2.00 bits per heavy atom. The van der Waals surface area contributed by atoms with Gasteiger partial charge in [-0.1, -0.05) is 20.8 Å². The van der Waals surface area contributed by atoms with Crippen molar-refractivity contribution in [2.45, 2.75) is 52.7 Å². The molecule has 0 rings (SSSR count). The molecular formula is C12H26N2O2. The number of hydrogen-bond acceptors (Lipinski definition) is 3. The Bertz CT molecular complexity index is 219. The number of rotatable bonds is 8. The quantitative estimate of drug-likeness (QED) is 0.660. The van der Waals surface area contributed by atoms with Crippen LogP contribution in [0.4, 0.5) is 0 Å². The Balaban J connectivity index is 4.23. The van der Waals surface area contributed by atoms with E-state index in [4.69, 9.17) is 10.5 Å². The molecule has 0 aromatic carbocycles. The number of likely N-dealkylation sites (N-methyl/N-ethyl adjacent to an activating group) is 1. The minimum atomic E-state index is -0.675. The highest BCUT2D eigenvalue weighted by Gasteiger charge is 2.32. The molecule has 16 heavy (non-hydrogen) atoms. The van der Waals surface area contributed by atoms with Crippen LogP contribution in [0.2, 0.25) is 0 Å². The third kappa shape index (κ3) is 5.47. The smallest absolute Gasteiger partial charge is 0.237 e. The van der Waals surface area contributed by atoms with Crippen LogP contribution in [0.25, 0.3) is 0 Å². The number of carbonyl (C=O) groups excluding carboxylic acids is 1. The number of ether oxygens (including phenoxy) is 1. The van der Waals surface area contributed by atoms with E-state index in [0.29, 0.717) is 18.9 Å². The van der Waals surface area contributed by atoms with Crippen LogP contribution >= 0.6 is 0 Å². The maximum Gasteiger partial charge on any atom is 0.237 e. The van der Waals surface area contributed by atoms with Crippen LogP contribution in [0, 0.1) is 5.92 Å². The molecule has 0 aliphatic heterocycles. The second kappa shape index (κ2) is 6.86. The summed E-state index contributed by atoms with van der Waals surface area (Å²) in [6.45, 7) is 11.4. The van der Waals surface area contributed by atoms with Crippen molar-refractivity contribution in [2.75, 3.05) is 13.2 Å². The molecule has 3 N–H and O–H groups in total. The first-order chi connectivity index (χ1) is 7.31. The summed E-state index contributed by atoms with van der Waals surface area (Å²) in [6, 6.07) is 0. The fraction of sp³-hybridized carbons (Fsp3) is 0.917. The molecule has 0 aliphatic carbocycles. The Kier molecular flexibility index (Phi) is 6.60. The number of amides is 1. The monoisotopic (exact) mass is 230 g/mol. The fourth-order valence-electron chi connectivity index (χ4n) is 1.64. The summed E-state index contributed by atoms with van der Waals surface area (Å²) in [6.07, 6.45) is 0.627. The van der Waals surface area contributed by atoms with Crippen LogP contribution in [-0.4, -0.2) is 30.7 Å². The predicted molar refractivity (Wildman–Crippen MR) is 66.1 cm³/mol. The van der Waals surface area contributed by atoms with Crippen LogP contribution in [0.1, 0.15) is 41.0 Å². The van der Waals surface area contributed by atoms with E-state index in [1.807, 2.05) is 20.8 Å². The molecule has 0 spiro atoms. The van der Waals surface area contributed by atoms with Gasteiger partial charge in [0.25, 0.3) is 0 Å². The highest BCUT2D eigenvalue weighted by Crippen LogP contribution is 2.14. The van der Waals surface area contributed by atoms with Crippen molar-refractivity contribution in [3.05, 3.63) is 0 Å². The van der Waals surface area contributed by atoms with E-state index in [2.05, 4.69) is 19.2 Å². The lowest BCUT2D eigenvalue weighted by Crippen LogP contribution is -2.54. The molecule has 0 aliphatic rings.